The highest BCUT2D eigenvalue weighted by Crippen LogP contribution is 2.27. The monoisotopic (exact) mass is 439 g/mol. The first kappa shape index (κ1) is 23.9. The second kappa shape index (κ2) is 8.03. The van der Waals surface area contributed by atoms with Crippen molar-refractivity contribution in [2.24, 2.45) is 5.41 Å². The normalized spacial score (nSPS) is 13.2. The lowest BCUT2D eigenvalue weighted by Gasteiger charge is -2.31. The van der Waals surface area contributed by atoms with Gasteiger partial charge in [0.05, 0.1) is 0 Å². The van der Waals surface area contributed by atoms with Crippen molar-refractivity contribution in [2.75, 3.05) is 13.1 Å². The van der Waals surface area contributed by atoms with Crippen molar-refractivity contribution in [3.8, 4) is 0 Å². The SMILES string of the molecule is Cc1nc2nc(C(F)(F)F)nn2c(C)c1CCC(=O)N(CC(C)(C)C)CC(F)(F)F. The Bertz CT molecular complexity index is 910. The molecule has 0 N–H and O–H groups in total. The highest BCUT2D eigenvalue weighted by Gasteiger charge is 2.37. The largest absolute Gasteiger partial charge is 0.453 e. The van der Waals surface area contributed by atoms with Crippen LogP contribution >= 0.6 is 0 Å². The lowest BCUT2D eigenvalue weighted by molar-refractivity contribution is -0.163. The first-order valence-electron chi connectivity index (χ1n) is 9.12. The standard InChI is InChI=1S/C18H23F6N5O/c1-10-12(11(2)29-15(25-10)26-14(27-29)18(22,23)24)6-7-13(30)28(8-16(3,4)5)9-17(19,20)21/h6-9H2,1-5H3. The molecule has 30 heavy (non-hydrogen) atoms. The van der Waals surface area contributed by atoms with Gasteiger partial charge < -0.3 is 4.90 Å². The van der Waals surface area contributed by atoms with E-state index < -0.39 is 36.0 Å². The lowest BCUT2D eigenvalue weighted by atomic mass is 9.95. The molecule has 0 aromatic carbocycles. The van der Waals surface area contributed by atoms with Gasteiger partial charge >= 0.3 is 12.4 Å². The molecule has 0 aliphatic carbocycles. The second-order valence-electron chi connectivity index (χ2n) is 8.33. The number of hydrogen-bond acceptors (Lipinski definition) is 4. The van der Waals surface area contributed by atoms with Crippen LogP contribution in [0.5, 0.6) is 0 Å². The molecule has 6 nitrogen and oxygen atoms in total. The highest BCUT2D eigenvalue weighted by atomic mass is 19.4. The molecule has 2 aromatic heterocycles. The van der Waals surface area contributed by atoms with Crippen molar-refractivity contribution in [1.82, 2.24) is 24.5 Å². The summed E-state index contributed by atoms with van der Waals surface area (Å²) in [5, 5.41) is 3.42. The van der Waals surface area contributed by atoms with Crippen molar-refractivity contribution < 1.29 is 31.1 Å². The van der Waals surface area contributed by atoms with E-state index in [4.69, 9.17) is 0 Å². The summed E-state index contributed by atoms with van der Waals surface area (Å²) < 4.78 is 78.2. The minimum atomic E-state index is -4.74. The van der Waals surface area contributed by atoms with Gasteiger partial charge in [-0.2, -0.15) is 31.3 Å². The molecule has 0 fully saturated rings. The predicted molar refractivity (Wildman–Crippen MR) is 95.7 cm³/mol. The molecule has 168 valence electrons. The molecular formula is C18H23F6N5O. The van der Waals surface area contributed by atoms with Gasteiger partial charge in [0, 0.05) is 24.4 Å². The van der Waals surface area contributed by atoms with Crippen LogP contribution in [0.15, 0.2) is 0 Å². The van der Waals surface area contributed by atoms with Gasteiger partial charge in [-0.25, -0.2) is 9.50 Å². The maximum atomic E-state index is 12.9. The topological polar surface area (TPSA) is 63.4 Å². The van der Waals surface area contributed by atoms with Crippen molar-refractivity contribution in [2.45, 2.75) is 59.8 Å². The van der Waals surface area contributed by atoms with E-state index in [2.05, 4.69) is 15.1 Å². The third-order valence-electron chi connectivity index (χ3n) is 4.28. The summed E-state index contributed by atoms with van der Waals surface area (Å²) in [6.45, 7) is 6.75. The zero-order chi connectivity index (χ0) is 23.1. The number of aryl methyl sites for hydroxylation is 2. The van der Waals surface area contributed by atoms with Crippen LogP contribution < -0.4 is 0 Å². The number of halogens is 6. The summed E-state index contributed by atoms with van der Waals surface area (Å²) in [6.07, 6.45) is -9.52. The van der Waals surface area contributed by atoms with Crippen molar-refractivity contribution in [1.29, 1.82) is 0 Å². The number of fused-ring (bicyclic) bond motifs is 1. The van der Waals surface area contributed by atoms with Gasteiger partial charge in [-0.15, -0.1) is 5.10 Å². The molecule has 0 radical (unpaired) electrons. The fraction of sp³-hybridized carbons (Fsp3) is 0.667. The Labute approximate surface area is 169 Å². The van der Waals surface area contributed by atoms with Gasteiger partial charge in [0.25, 0.3) is 11.6 Å². The Hall–Kier alpha value is -2.40. The molecule has 2 heterocycles. The zero-order valence-corrected chi connectivity index (χ0v) is 17.2. The Kier molecular flexibility index (Phi) is 6.39. The first-order chi connectivity index (χ1) is 13.5. The Morgan fingerprint density at radius 2 is 1.60 bits per heavy atom. The summed E-state index contributed by atoms with van der Waals surface area (Å²) in [5.74, 6) is -2.28. The molecule has 0 saturated heterocycles. The molecule has 0 saturated carbocycles. The number of carbonyl (C=O) groups excluding carboxylic acids is 1. The van der Waals surface area contributed by atoms with E-state index in [1.54, 1.807) is 20.8 Å². The number of nitrogens with zero attached hydrogens (tertiary/aromatic N) is 5. The maximum Gasteiger partial charge on any atom is 0.453 e. The fourth-order valence-corrected chi connectivity index (χ4v) is 3.10. The Morgan fingerprint density at radius 1 is 1.00 bits per heavy atom. The van der Waals surface area contributed by atoms with E-state index >= 15 is 0 Å². The van der Waals surface area contributed by atoms with Crippen LogP contribution in [0.3, 0.4) is 0 Å². The van der Waals surface area contributed by atoms with Crippen LogP contribution in [0.2, 0.25) is 0 Å². The number of rotatable bonds is 5. The van der Waals surface area contributed by atoms with E-state index in [0.717, 1.165) is 9.42 Å². The van der Waals surface area contributed by atoms with E-state index in [9.17, 15) is 31.1 Å². The fourth-order valence-electron chi connectivity index (χ4n) is 3.10. The van der Waals surface area contributed by atoms with Crippen LogP contribution in [0, 0.1) is 19.3 Å². The van der Waals surface area contributed by atoms with Crippen molar-refractivity contribution in [3.63, 3.8) is 0 Å². The molecule has 12 heteroatoms. The molecule has 1 amide bonds. The summed E-state index contributed by atoms with van der Waals surface area (Å²) in [4.78, 5) is 20.6. The summed E-state index contributed by atoms with van der Waals surface area (Å²) in [7, 11) is 0. The molecule has 0 bridgehead atoms. The third kappa shape index (κ3) is 6.05. The molecule has 0 atom stereocenters. The van der Waals surface area contributed by atoms with Crippen molar-refractivity contribution >= 4 is 11.7 Å². The quantitative estimate of drug-likeness (QED) is 0.658. The smallest absolute Gasteiger partial charge is 0.333 e. The molecule has 0 aliphatic rings. The molecule has 0 spiro atoms. The highest BCUT2D eigenvalue weighted by molar-refractivity contribution is 5.76. The van der Waals surface area contributed by atoms with Gasteiger partial charge in [-0.3, -0.25) is 4.79 Å². The Morgan fingerprint density at radius 3 is 2.10 bits per heavy atom. The summed E-state index contributed by atoms with van der Waals surface area (Å²) in [6, 6.07) is 0. The van der Waals surface area contributed by atoms with E-state index in [1.807, 2.05) is 0 Å². The van der Waals surface area contributed by atoms with E-state index in [0.29, 0.717) is 17.0 Å². The van der Waals surface area contributed by atoms with Crippen molar-refractivity contribution in [3.05, 3.63) is 22.8 Å². The molecule has 0 aliphatic heterocycles. The average Bonchev–Trinajstić information content (AvgIpc) is 2.95. The molecule has 2 rings (SSSR count). The average molecular weight is 439 g/mol. The second-order valence-corrected chi connectivity index (χ2v) is 8.33. The number of amides is 1. The van der Waals surface area contributed by atoms with Gasteiger partial charge in [-0.1, -0.05) is 20.8 Å². The molecular weight excluding hydrogens is 416 g/mol. The van der Waals surface area contributed by atoms with Gasteiger partial charge in [0.15, 0.2) is 0 Å². The van der Waals surface area contributed by atoms with Gasteiger partial charge in [0.1, 0.15) is 6.54 Å². The van der Waals surface area contributed by atoms with Crippen LogP contribution in [0.1, 0.15) is 50.0 Å². The molecule has 0 unspecified atom stereocenters. The van der Waals surface area contributed by atoms with Crippen LogP contribution in [0.25, 0.3) is 5.78 Å². The van der Waals surface area contributed by atoms with Gasteiger partial charge in [-0.05, 0) is 31.2 Å². The minimum absolute atomic E-state index is 0.0130. The van der Waals surface area contributed by atoms with Crippen LogP contribution in [-0.4, -0.2) is 49.7 Å². The van der Waals surface area contributed by atoms with E-state index in [-0.39, 0.29) is 25.2 Å². The van der Waals surface area contributed by atoms with Crippen LogP contribution in [-0.2, 0) is 17.4 Å². The molecule has 2 aromatic rings. The summed E-state index contributed by atoms with van der Waals surface area (Å²) >= 11 is 0. The third-order valence-corrected chi connectivity index (χ3v) is 4.28. The Balaban J connectivity index is 2.27. The number of hydrogen-bond donors (Lipinski definition) is 0. The zero-order valence-electron chi connectivity index (χ0n) is 17.2. The predicted octanol–water partition coefficient (Wildman–Crippen LogP) is 4.13. The van der Waals surface area contributed by atoms with E-state index in [1.165, 1.54) is 13.8 Å². The van der Waals surface area contributed by atoms with Gasteiger partial charge in [0.2, 0.25) is 5.91 Å². The maximum absolute atomic E-state index is 12.9. The number of alkyl halides is 6. The lowest BCUT2D eigenvalue weighted by Crippen LogP contribution is -2.43. The number of aromatic nitrogens is 4. The van der Waals surface area contributed by atoms with Crippen LogP contribution in [0.4, 0.5) is 26.3 Å². The summed E-state index contributed by atoms with van der Waals surface area (Å²) in [5.41, 5.74) is 0.540. The number of carbonyl (C=O) groups is 1. The first-order valence-corrected chi connectivity index (χ1v) is 9.12. The minimum Gasteiger partial charge on any atom is -0.333 e.